The standard InChI is InChI=1S/C12H24N2O5S/c1-13(8-7-12(16)17)20(18,19)14(9-10-15)11-5-3-2-4-6-11/h11,15H,2-10H2,1H3,(H,16,17). The van der Waals surface area contributed by atoms with Gasteiger partial charge in [0.25, 0.3) is 10.2 Å². The van der Waals surface area contributed by atoms with E-state index in [0.29, 0.717) is 0 Å². The van der Waals surface area contributed by atoms with Gasteiger partial charge in [0.1, 0.15) is 0 Å². The van der Waals surface area contributed by atoms with Crippen LogP contribution in [0.1, 0.15) is 38.5 Å². The van der Waals surface area contributed by atoms with Crippen LogP contribution >= 0.6 is 0 Å². The molecule has 0 unspecified atom stereocenters. The Balaban J connectivity index is 2.78. The first-order chi connectivity index (χ1) is 9.39. The van der Waals surface area contributed by atoms with Crippen LogP contribution in [0, 0.1) is 0 Å². The number of aliphatic carboxylic acids is 1. The van der Waals surface area contributed by atoms with Crippen LogP contribution in [0.2, 0.25) is 0 Å². The highest BCUT2D eigenvalue weighted by molar-refractivity contribution is 7.86. The van der Waals surface area contributed by atoms with Crippen molar-refractivity contribution in [3.8, 4) is 0 Å². The molecule has 0 saturated heterocycles. The van der Waals surface area contributed by atoms with Gasteiger partial charge in [0, 0.05) is 26.2 Å². The van der Waals surface area contributed by atoms with Crippen LogP contribution in [0.15, 0.2) is 0 Å². The third-order valence-corrected chi connectivity index (χ3v) is 5.68. The van der Waals surface area contributed by atoms with Gasteiger partial charge in [-0.15, -0.1) is 0 Å². The van der Waals surface area contributed by atoms with Crippen molar-refractivity contribution in [3.05, 3.63) is 0 Å². The number of aliphatic hydroxyl groups is 1. The molecule has 1 rings (SSSR count). The van der Waals surface area contributed by atoms with E-state index in [1.54, 1.807) is 0 Å². The largest absolute Gasteiger partial charge is 0.481 e. The van der Waals surface area contributed by atoms with Crippen molar-refractivity contribution >= 4 is 16.2 Å². The maximum absolute atomic E-state index is 12.5. The van der Waals surface area contributed by atoms with Crippen LogP contribution < -0.4 is 0 Å². The minimum Gasteiger partial charge on any atom is -0.481 e. The van der Waals surface area contributed by atoms with E-state index in [1.165, 1.54) is 11.4 Å². The average molecular weight is 308 g/mol. The fraction of sp³-hybridized carbons (Fsp3) is 0.917. The summed E-state index contributed by atoms with van der Waals surface area (Å²) in [4.78, 5) is 10.6. The number of aliphatic hydroxyl groups excluding tert-OH is 1. The number of carbonyl (C=O) groups is 1. The summed E-state index contributed by atoms with van der Waals surface area (Å²) in [7, 11) is -2.33. The van der Waals surface area contributed by atoms with Crippen molar-refractivity contribution in [2.45, 2.75) is 44.6 Å². The highest BCUT2D eigenvalue weighted by Crippen LogP contribution is 2.25. The van der Waals surface area contributed by atoms with Gasteiger partial charge in [-0.1, -0.05) is 19.3 Å². The summed E-state index contributed by atoms with van der Waals surface area (Å²) >= 11 is 0. The lowest BCUT2D eigenvalue weighted by Gasteiger charge is -2.35. The van der Waals surface area contributed by atoms with Crippen LogP contribution in [0.25, 0.3) is 0 Å². The van der Waals surface area contributed by atoms with E-state index in [4.69, 9.17) is 10.2 Å². The Labute approximate surface area is 120 Å². The van der Waals surface area contributed by atoms with E-state index in [-0.39, 0.29) is 32.2 Å². The zero-order valence-electron chi connectivity index (χ0n) is 11.9. The van der Waals surface area contributed by atoms with Gasteiger partial charge < -0.3 is 10.2 Å². The van der Waals surface area contributed by atoms with E-state index in [1.807, 2.05) is 0 Å². The van der Waals surface area contributed by atoms with Gasteiger partial charge in [-0.05, 0) is 12.8 Å². The van der Waals surface area contributed by atoms with Crippen molar-refractivity contribution in [3.63, 3.8) is 0 Å². The second-order valence-electron chi connectivity index (χ2n) is 5.10. The average Bonchev–Trinajstić information content (AvgIpc) is 2.42. The fourth-order valence-corrected chi connectivity index (χ4v) is 4.08. The lowest BCUT2D eigenvalue weighted by atomic mass is 9.95. The normalized spacial score (nSPS) is 17.8. The number of nitrogens with zero attached hydrogens (tertiary/aromatic N) is 2. The summed E-state index contributed by atoms with van der Waals surface area (Å²) in [6, 6.07) is -0.0896. The Morgan fingerprint density at radius 2 is 1.80 bits per heavy atom. The van der Waals surface area contributed by atoms with Crippen molar-refractivity contribution in [1.82, 2.24) is 8.61 Å². The molecule has 8 heteroatoms. The molecule has 0 aliphatic heterocycles. The van der Waals surface area contributed by atoms with E-state index in [2.05, 4.69) is 0 Å². The number of carboxylic acids is 1. The van der Waals surface area contributed by atoms with Crippen molar-refractivity contribution < 1.29 is 23.4 Å². The summed E-state index contributed by atoms with van der Waals surface area (Å²) < 4.78 is 27.3. The molecule has 0 aromatic carbocycles. The molecule has 0 aromatic rings. The number of rotatable bonds is 8. The van der Waals surface area contributed by atoms with E-state index in [9.17, 15) is 13.2 Å². The third-order valence-electron chi connectivity index (χ3n) is 3.63. The zero-order chi connectivity index (χ0) is 15.2. The summed E-state index contributed by atoms with van der Waals surface area (Å²) in [6.07, 6.45) is 4.45. The van der Waals surface area contributed by atoms with Gasteiger partial charge in [0.15, 0.2) is 0 Å². The minimum absolute atomic E-state index is 0.0599. The minimum atomic E-state index is -3.72. The summed E-state index contributed by atoms with van der Waals surface area (Å²) in [5.74, 6) is -1.03. The molecule has 7 nitrogen and oxygen atoms in total. The molecule has 0 heterocycles. The highest BCUT2D eigenvalue weighted by atomic mass is 32.2. The molecule has 1 aliphatic carbocycles. The molecule has 0 bridgehead atoms. The summed E-state index contributed by atoms with van der Waals surface area (Å²) in [5.41, 5.74) is 0. The predicted octanol–water partition coefficient (Wildman–Crippen LogP) is 0.265. The highest BCUT2D eigenvalue weighted by Gasteiger charge is 2.33. The first kappa shape index (κ1) is 17.4. The Hall–Kier alpha value is -0.700. The molecule has 0 aromatic heterocycles. The summed E-state index contributed by atoms with van der Waals surface area (Å²) in [6.45, 7) is -0.237. The van der Waals surface area contributed by atoms with Crippen molar-refractivity contribution in [2.75, 3.05) is 26.7 Å². The molecule has 0 amide bonds. The topological polar surface area (TPSA) is 98.2 Å². The Morgan fingerprint density at radius 1 is 1.20 bits per heavy atom. The molecule has 2 N–H and O–H groups in total. The molecule has 1 saturated carbocycles. The van der Waals surface area contributed by atoms with Gasteiger partial charge in [0.2, 0.25) is 0 Å². The SMILES string of the molecule is CN(CCC(=O)O)S(=O)(=O)N(CCO)C1CCCCC1. The maximum atomic E-state index is 12.5. The monoisotopic (exact) mass is 308 g/mol. The molecular formula is C12H24N2O5S. The van der Waals surface area contributed by atoms with Gasteiger partial charge in [-0.2, -0.15) is 17.0 Å². The molecule has 1 aliphatic rings. The van der Waals surface area contributed by atoms with Crippen LogP contribution in [0.5, 0.6) is 0 Å². The summed E-state index contributed by atoms with van der Waals surface area (Å²) in [5, 5.41) is 17.8. The third kappa shape index (κ3) is 4.69. The van der Waals surface area contributed by atoms with E-state index < -0.39 is 16.2 Å². The molecule has 20 heavy (non-hydrogen) atoms. The first-order valence-electron chi connectivity index (χ1n) is 6.95. The van der Waals surface area contributed by atoms with Crippen molar-refractivity contribution in [1.29, 1.82) is 0 Å². The number of hydrogen-bond acceptors (Lipinski definition) is 4. The number of carboxylic acid groups (broad SMARTS) is 1. The van der Waals surface area contributed by atoms with Crippen LogP contribution in [0.3, 0.4) is 0 Å². The molecule has 0 radical (unpaired) electrons. The Bertz CT molecular complexity index is 406. The maximum Gasteiger partial charge on any atom is 0.304 e. The molecule has 118 valence electrons. The Morgan fingerprint density at radius 3 is 2.30 bits per heavy atom. The van der Waals surface area contributed by atoms with Gasteiger partial charge in [-0.25, -0.2) is 0 Å². The molecule has 1 fully saturated rings. The molecule has 0 atom stereocenters. The van der Waals surface area contributed by atoms with Crippen molar-refractivity contribution in [2.24, 2.45) is 0 Å². The predicted molar refractivity (Wildman–Crippen MR) is 74.5 cm³/mol. The lowest BCUT2D eigenvalue weighted by molar-refractivity contribution is -0.137. The number of hydrogen-bond donors (Lipinski definition) is 2. The van der Waals surface area contributed by atoms with Crippen LogP contribution in [-0.4, -0.2) is 66.0 Å². The second kappa shape index (κ2) is 7.92. The smallest absolute Gasteiger partial charge is 0.304 e. The van der Waals surface area contributed by atoms with Gasteiger partial charge in [-0.3, -0.25) is 4.79 Å². The van der Waals surface area contributed by atoms with Gasteiger partial charge >= 0.3 is 5.97 Å². The van der Waals surface area contributed by atoms with E-state index in [0.717, 1.165) is 36.4 Å². The molecule has 0 spiro atoms. The second-order valence-corrected chi connectivity index (χ2v) is 7.09. The molecular weight excluding hydrogens is 284 g/mol. The zero-order valence-corrected chi connectivity index (χ0v) is 12.7. The quantitative estimate of drug-likeness (QED) is 0.670. The van der Waals surface area contributed by atoms with Crippen LogP contribution in [0.4, 0.5) is 0 Å². The van der Waals surface area contributed by atoms with E-state index >= 15 is 0 Å². The first-order valence-corrected chi connectivity index (χ1v) is 8.35. The van der Waals surface area contributed by atoms with Gasteiger partial charge in [0.05, 0.1) is 13.0 Å². The lowest BCUT2D eigenvalue weighted by Crippen LogP contribution is -2.49. The fourth-order valence-electron chi connectivity index (χ4n) is 2.50. The van der Waals surface area contributed by atoms with Crippen LogP contribution in [-0.2, 0) is 15.0 Å². The Kier molecular flexibility index (Phi) is 6.87.